The monoisotopic (exact) mass is 947 g/mol. The normalized spacial score (nSPS) is 9.82. The maximum absolute atomic E-state index is 11.2. The third-order valence-electron chi connectivity index (χ3n) is 8.14. The van der Waals surface area contributed by atoms with Gasteiger partial charge < -0.3 is 53.6 Å². The highest BCUT2D eigenvalue weighted by molar-refractivity contribution is 5.87. The molecule has 386 valence electrons. The molecule has 0 spiro atoms. The van der Waals surface area contributed by atoms with Gasteiger partial charge in [0.05, 0.1) is 72.7 Å². The van der Waals surface area contributed by atoms with Crippen molar-refractivity contribution in [2.24, 2.45) is 0 Å². The largest absolute Gasteiger partial charge is 0.478 e. The maximum atomic E-state index is 11.2. The van der Waals surface area contributed by atoms with Crippen LogP contribution in [-0.2, 0) is 57.1 Å². The van der Waals surface area contributed by atoms with Gasteiger partial charge in [-0.1, -0.05) is 136 Å². The molecule has 0 saturated carbocycles. The van der Waals surface area contributed by atoms with Crippen LogP contribution in [0.1, 0.15) is 144 Å². The van der Waals surface area contributed by atoms with Crippen molar-refractivity contribution in [1.29, 1.82) is 0 Å². The Morgan fingerprint density at radius 3 is 0.773 bits per heavy atom. The first kappa shape index (κ1) is 70.8. The van der Waals surface area contributed by atoms with Gasteiger partial charge >= 0.3 is 29.8 Å². The van der Waals surface area contributed by atoms with Crippen LogP contribution in [0.25, 0.3) is 0 Å². The molecule has 0 atom stereocenters. The van der Waals surface area contributed by atoms with Crippen LogP contribution < -0.4 is 0 Å². The van der Waals surface area contributed by atoms with E-state index in [4.69, 9.17) is 53.6 Å². The number of hydrogen-bond acceptors (Lipinski definition) is 14. The van der Waals surface area contributed by atoms with Gasteiger partial charge in [0.15, 0.2) is 0 Å². The number of aliphatic hydroxyl groups excluding tert-OH is 2. The second kappa shape index (κ2) is 56.9. The molecule has 0 aromatic carbocycles. The Hall–Kier alpha value is -4.19. The number of ether oxygens (including phenoxy) is 7. The van der Waals surface area contributed by atoms with E-state index >= 15 is 0 Å². The van der Waals surface area contributed by atoms with Gasteiger partial charge in [-0.05, 0) is 41.0 Å². The molecule has 16 heteroatoms. The van der Waals surface area contributed by atoms with Crippen molar-refractivity contribution in [3.63, 3.8) is 0 Å². The van der Waals surface area contributed by atoms with E-state index in [0.29, 0.717) is 76.2 Å². The van der Waals surface area contributed by atoms with Gasteiger partial charge in [0.2, 0.25) is 0 Å². The first-order chi connectivity index (χ1) is 31.3. The summed E-state index contributed by atoms with van der Waals surface area (Å²) in [5.41, 5.74) is 1.56. The molecular formula is C50H90O16. The lowest BCUT2D eigenvalue weighted by atomic mass is 10.0. The first-order valence-electron chi connectivity index (χ1n) is 23.1. The van der Waals surface area contributed by atoms with Crippen molar-refractivity contribution in [2.45, 2.75) is 144 Å². The molecule has 0 rings (SSSR count). The summed E-state index contributed by atoms with van der Waals surface area (Å²) in [5, 5.41) is 32.3. The highest BCUT2D eigenvalue weighted by atomic mass is 16.6. The van der Waals surface area contributed by atoms with E-state index < -0.39 is 23.9 Å². The minimum Gasteiger partial charge on any atom is -0.478 e. The summed E-state index contributed by atoms with van der Waals surface area (Å²) in [5.74, 6) is -2.98. The molecule has 0 aliphatic rings. The Morgan fingerprint density at radius 1 is 0.333 bits per heavy atom. The lowest BCUT2D eigenvalue weighted by Gasteiger charge is -2.07. The quantitative estimate of drug-likeness (QED) is 0.0196. The van der Waals surface area contributed by atoms with Crippen LogP contribution in [0.4, 0.5) is 0 Å². The van der Waals surface area contributed by atoms with Crippen molar-refractivity contribution >= 4 is 29.8 Å². The molecule has 0 unspecified atom stereocenters. The number of hydrogen-bond donors (Lipinski definition) is 4. The number of aliphatic hydroxyl groups is 2. The van der Waals surface area contributed by atoms with E-state index in [9.17, 15) is 24.0 Å². The molecule has 16 nitrogen and oxygen atoms in total. The summed E-state index contributed by atoms with van der Waals surface area (Å²) < 4.78 is 34.8. The minimum absolute atomic E-state index is 0.0417. The molecule has 4 N–H and O–H groups in total. The van der Waals surface area contributed by atoms with Gasteiger partial charge in [-0.25, -0.2) is 24.0 Å². The number of unbranched alkanes of at least 4 members (excludes halogenated alkanes) is 15. The van der Waals surface area contributed by atoms with Gasteiger partial charge in [-0.2, -0.15) is 0 Å². The Balaban J connectivity index is -0.000000262. The second-order valence-electron chi connectivity index (χ2n) is 15.1. The zero-order chi connectivity index (χ0) is 51.2. The van der Waals surface area contributed by atoms with Gasteiger partial charge in [0, 0.05) is 27.9 Å². The SMILES string of the molecule is C=C(C)C(=O)O.C=C(C)C(=O)O.C=C(C)C(=O)OCCCCCCCCCCCCCCCCCC.C=C(C)C(=O)OCCOCCOCCOC(=O)C(=C)C.OCCOCCOCCO. The van der Waals surface area contributed by atoms with E-state index in [-0.39, 0.29) is 43.5 Å². The van der Waals surface area contributed by atoms with Gasteiger partial charge in [0.1, 0.15) is 13.2 Å². The van der Waals surface area contributed by atoms with E-state index in [1.165, 1.54) is 110 Å². The fraction of sp³-hybridized carbons (Fsp3) is 0.700. The van der Waals surface area contributed by atoms with Gasteiger partial charge in [-0.3, -0.25) is 0 Å². The fourth-order valence-corrected chi connectivity index (χ4v) is 4.34. The number of carbonyl (C=O) groups is 5. The molecule has 0 aromatic heterocycles. The average molecular weight is 947 g/mol. The zero-order valence-electron chi connectivity index (χ0n) is 41.7. The Labute approximate surface area is 397 Å². The Kier molecular flexibility index (Phi) is 61.1. The van der Waals surface area contributed by atoms with E-state index in [2.05, 4.69) is 39.8 Å². The maximum Gasteiger partial charge on any atom is 0.333 e. The van der Waals surface area contributed by atoms with Crippen LogP contribution in [-0.4, -0.2) is 136 Å². The van der Waals surface area contributed by atoms with Crippen LogP contribution in [0, 0.1) is 0 Å². The smallest absolute Gasteiger partial charge is 0.333 e. The highest BCUT2D eigenvalue weighted by Gasteiger charge is 2.04. The molecule has 0 fully saturated rings. The average Bonchev–Trinajstić information content (AvgIpc) is 3.27. The van der Waals surface area contributed by atoms with Crippen molar-refractivity contribution < 1.29 is 77.6 Å². The number of rotatable bonds is 38. The number of carbonyl (C=O) groups excluding carboxylic acids is 3. The third kappa shape index (κ3) is 68.9. The summed E-state index contributed by atoms with van der Waals surface area (Å²) in [7, 11) is 0. The first-order valence-corrected chi connectivity index (χ1v) is 23.1. The van der Waals surface area contributed by atoms with Crippen LogP contribution in [0.15, 0.2) is 60.8 Å². The van der Waals surface area contributed by atoms with Gasteiger partial charge in [-0.15, -0.1) is 0 Å². The fourth-order valence-electron chi connectivity index (χ4n) is 4.34. The van der Waals surface area contributed by atoms with Crippen molar-refractivity contribution in [2.75, 3.05) is 85.9 Å². The van der Waals surface area contributed by atoms with Crippen LogP contribution in [0.5, 0.6) is 0 Å². The van der Waals surface area contributed by atoms with E-state index in [0.717, 1.165) is 6.42 Å². The summed E-state index contributed by atoms with van der Waals surface area (Å²) in [4.78, 5) is 52.4. The highest BCUT2D eigenvalue weighted by Crippen LogP contribution is 2.14. The molecule has 0 saturated heterocycles. The molecule has 66 heavy (non-hydrogen) atoms. The Bertz CT molecular complexity index is 1190. The number of esters is 3. The van der Waals surface area contributed by atoms with Crippen LogP contribution >= 0.6 is 0 Å². The van der Waals surface area contributed by atoms with Crippen molar-refractivity contribution in [3.8, 4) is 0 Å². The lowest BCUT2D eigenvalue weighted by Crippen LogP contribution is -2.15. The molecule has 0 aliphatic carbocycles. The molecule has 0 aliphatic heterocycles. The van der Waals surface area contributed by atoms with Crippen molar-refractivity contribution in [1.82, 2.24) is 0 Å². The number of aliphatic carboxylic acids is 2. The topological polar surface area (TPSA) is 231 Å². The summed E-state index contributed by atoms with van der Waals surface area (Å²) >= 11 is 0. The second-order valence-corrected chi connectivity index (χ2v) is 15.1. The van der Waals surface area contributed by atoms with Gasteiger partial charge in [0.25, 0.3) is 0 Å². The summed E-state index contributed by atoms with van der Waals surface area (Å²) in [6.07, 6.45) is 21.7. The van der Waals surface area contributed by atoms with Crippen molar-refractivity contribution in [3.05, 3.63) is 60.8 Å². The molecule has 0 radical (unpaired) electrons. The molecule has 0 bridgehead atoms. The minimum atomic E-state index is -0.935. The molecule has 0 aromatic rings. The van der Waals surface area contributed by atoms with Crippen LogP contribution in [0.2, 0.25) is 0 Å². The molecule has 0 heterocycles. The van der Waals surface area contributed by atoms with Crippen LogP contribution in [0.3, 0.4) is 0 Å². The predicted octanol–water partition coefficient (Wildman–Crippen LogP) is 8.92. The molecular weight excluding hydrogens is 857 g/mol. The summed E-state index contributed by atoms with van der Waals surface area (Å²) in [6.45, 7) is 30.8. The third-order valence-corrected chi connectivity index (χ3v) is 8.14. The van der Waals surface area contributed by atoms with E-state index in [1.807, 2.05) is 0 Å². The predicted molar refractivity (Wildman–Crippen MR) is 259 cm³/mol. The Morgan fingerprint density at radius 2 is 0.545 bits per heavy atom. The number of carboxylic acid groups (broad SMARTS) is 2. The zero-order valence-corrected chi connectivity index (χ0v) is 41.7. The molecule has 0 amide bonds. The lowest BCUT2D eigenvalue weighted by molar-refractivity contribution is -0.142. The van der Waals surface area contributed by atoms with E-state index in [1.54, 1.807) is 20.8 Å². The number of carboxylic acids is 2. The standard InChI is InChI=1S/C22H42O2.C14H22O6.C6H14O4.2C4H6O2/c1-4-5-6-7-8-9-10-11-12-13-14-15-16-17-18-19-20-24-22(23)21(2)3;1-11(2)13(15)19-9-7-17-5-6-18-8-10-20-14(16)12(3)4;7-1-3-9-5-6-10-4-2-8;2*1-3(2)4(5)6/h2,4-20H2,1,3H3;1,3,5-10H2,2,4H3;7-8H,1-6H2;2*1H2,2H3,(H,5,6). The summed E-state index contributed by atoms with van der Waals surface area (Å²) in [6, 6.07) is 0.